The van der Waals surface area contributed by atoms with Gasteiger partial charge < -0.3 is 15.3 Å². The van der Waals surface area contributed by atoms with Crippen molar-refractivity contribution in [2.24, 2.45) is 5.92 Å². The molecule has 5 nitrogen and oxygen atoms in total. The van der Waals surface area contributed by atoms with Crippen LogP contribution in [0, 0.1) is 5.92 Å². The van der Waals surface area contributed by atoms with E-state index < -0.39 is 5.97 Å². The number of carbonyl (C=O) groups is 2. The van der Waals surface area contributed by atoms with Crippen molar-refractivity contribution in [3.63, 3.8) is 0 Å². The van der Waals surface area contributed by atoms with Crippen molar-refractivity contribution in [1.29, 1.82) is 0 Å². The van der Waals surface area contributed by atoms with E-state index in [9.17, 15) is 9.59 Å². The molecule has 2 fully saturated rings. The highest BCUT2D eigenvalue weighted by Gasteiger charge is 2.51. The summed E-state index contributed by atoms with van der Waals surface area (Å²) in [5, 5.41) is 11.7. The minimum absolute atomic E-state index is 0.107. The maximum Gasteiger partial charge on any atom is 0.318 e. The number of hydrogen-bond acceptors (Lipinski definition) is 2. The third kappa shape index (κ3) is 1.66. The minimum atomic E-state index is -0.784. The quantitative estimate of drug-likeness (QED) is 0.697. The number of nitrogens with zero attached hydrogens (tertiary/aromatic N) is 1. The normalized spacial score (nSPS) is 31.5. The molecule has 88 valence electrons. The number of hydrogen-bond donors (Lipinski definition) is 2. The van der Waals surface area contributed by atoms with E-state index in [2.05, 4.69) is 11.9 Å². The van der Waals surface area contributed by atoms with Crippen LogP contribution in [-0.4, -0.2) is 40.6 Å². The molecule has 0 aromatic rings. The molecule has 0 aliphatic carbocycles. The van der Waals surface area contributed by atoms with E-state index in [-0.39, 0.29) is 24.0 Å². The van der Waals surface area contributed by atoms with Crippen LogP contribution in [-0.2, 0) is 4.79 Å². The second-order valence-electron chi connectivity index (χ2n) is 4.36. The van der Waals surface area contributed by atoms with Crippen LogP contribution >= 0.6 is 0 Å². The van der Waals surface area contributed by atoms with Gasteiger partial charge in [-0.2, -0.15) is 0 Å². The number of carboxylic acid groups (broad SMARTS) is 1. The van der Waals surface area contributed by atoms with Crippen LogP contribution < -0.4 is 5.32 Å². The maximum absolute atomic E-state index is 11.8. The zero-order valence-corrected chi connectivity index (χ0v) is 9.06. The lowest BCUT2D eigenvalue weighted by atomic mass is 9.89. The number of amides is 2. The van der Waals surface area contributed by atoms with Gasteiger partial charge in [0.25, 0.3) is 0 Å². The number of rotatable bonds is 3. The Morgan fingerprint density at radius 1 is 1.50 bits per heavy atom. The van der Waals surface area contributed by atoms with E-state index in [0.717, 1.165) is 12.8 Å². The fourth-order valence-corrected chi connectivity index (χ4v) is 2.82. The van der Waals surface area contributed by atoms with Gasteiger partial charge in [-0.05, 0) is 19.3 Å². The summed E-state index contributed by atoms with van der Waals surface area (Å²) in [6, 6.07) is -0.167. The Morgan fingerprint density at radius 3 is 2.81 bits per heavy atom. The van der Waals surface area contributed by atoms with E-state index in [1.54, 1.807) is 11.0 Å². The molecule has 16 heavy (non-hydrogen) atoms. The Kier molecular flexibility index (Phi) is 2.85. The molecule has 3 unspecified atom stereocenters. The lowest BCUT2D eigenvalue weighted by Gasteiger charge is -2.23. The monoisotopic (exact) mass is 224 g/mol. The summed E-state index contributed by atoms with van der Waals surface area (Å²) in [6.45, 7) is 3.95. The molecule has 2 heterocycles. The minimum Gasteiger partial charge on any atom is -0.481 e. The summed E-state index contributed by atoms with van der Waals surface area (Å²) < 4.78 is 0. The molecule has 2 saturated heterocycles. The van der Waals surface area contributed by atoms with Crippen LogP contribution in [0.25, 0.3) is 0 Å². The predicted molar refractivity (Wildman–Crippen MR) is 58.0 cm³/mol. The number of urea groups is 1. The second kappa shape index (κ2) is 4.15. The Bertz CT molecular complexity index is 329. The number of nitrogens with one attached hydrogen (secondary N) is 1. The van der Waals surface area contributed by atoms with Crippen LogP contribution in [0.15, 0.2) is 12.7 Å². The molecule has 2 bridgehead atoms. The topological polar surface area (TPSA) is 69.6 Å². The highest BCUT2D eigenvalue weighted by atomic mass is 16.4. The summed E-state index contributed by atoms with van der Waals surface area (Å²) >= 11 is 0. The number of carboxylic acids is 1. The number of aliphatic carboxylic acids is 1. The molecule has 0 aromatic carbocycles. The van der Waals surface area contributed by atoms with Gasteiger partial charge in [-0.25, -0.2) is 4.79 Å². The highest BCUT2D eigenvalue weighted by Crippen LogP contribution is 2.41. The molecular formula is C11H16N2O3. The summed E-state index contributed by atoms with van der Waals surface area (Å²) in [5.74, 6) is -1.16. The summed E-state index contributed by atoms with van der Waals surface area (Å²) in [4.78, 5) is 24.5. The molecular weight excluding hydrogens is 208 g/mol. The number of carbonyl (C=O) groups excluding carboxylic acids is 1. The fraction of sp³-hybridized carbons (Fsp3) is 0.636. The molecule has 0 aromatic heterocycles. The summed E-state index contributed by atoms with van der Waals surface area (Å²) in [6.07, 6.45) is 3.95. The van der Waals surface area contributed by atoms with Crippen LogP contribution in [0.2, 0.25) is 0 Å². The summed E-state index contributed by atoms with van der Waals surface area (Å²) in [7, 11) is 0. The summed E-state index contributed by atoms with van der Waals surface area (Å²) in [5.41, 5.74) is 0. The molecule has 5 heteroatoms. The van der Waals surface area contributed by atoms with Gasteiger partial charge in [0, 0.05) is 18.6 Å². The molecule has 0 radical (unpaired) electrons. The molecule has 0 saturated carbocycles. The highest BCUT2D eigenvalue weighted by molar-refractivity contribution is 5.79. The van der Waals surface area contributed by atoms with Gasteiger partial charge in [-0.3, -0.25) is 4.79 Å². The predicted octanol–water partition coefficient (Wildman–Crippen LogP) is 0.819. The van der Waals surface area contributed by atoms with E-state index in [1.165, 1.54) is 0 Å². The molecule has 0 spiro atoms. The Balaban J connectivity index is 2.04. The number of fused-ring (bicyclic) bond motifs is 2. The van der Waals surface area contributed by atoms with Crippen molar-refractivity contribution in [3.8, 4) is 0 Å². The van der Waals surface area contributed by atoms with E-state index in [4.69, 9.17) is 5.11 Å². The van der Waals surface area contributed by atoms with Gasteiger partial charge >= 0.3 is 12.0 Å². The van der Waals surface area contributed by atoms with Gasteiger partial charge in [0.05, 0.1) is 5.92 Å². The van der Waals surface area contributed by atoms with Gasteiger partial charge in [-0.15, -0.1) is 6.58 Å². The van der Waals surface area contributed by atoms with Crippen LogP contribution in [0.4, 0.5) is 4.79 Å². The van der Waals surface area contributed by atoms with E-state index in [1.807, 2.05) is 0 Å². The van der Waals surface area contributed by atoms with Crippen molar-refractivity contribution in [2.45, 2.75) is 31.3 Å². The molecule has 2 aliphatic rings. The van der Waals surface area contributed by atoms with Gasteiger partial charge in [0.2, 0.25) is 0 Å². The lowest BCUT2D eigenvalue weighted by Crippen LogP contribution is -2.44. The Hall–Kier alpha value is -1.52. The standard InChI is InChI=1S/C11H16N2O3/c1-2-5-12-11(16)13-7-3-4-9(13)8(6-7)10(14)15/h2,7-9H,1,3-6H2,(H,12,16)(H,14,15). The van der Waals surface area contributed by atoms with Crippen molar-refractivity contribution >= 4 is 12.0 Å². The second-order valence-corrected chi connectivity index (χ2v) is 4.36. The van der Waals surface area contributed by atoms with Crippen molar-refractivity contribution in [1.82, 2.24) is 10.2 Å². The average Bonchev–Trinajstić information content (AvgIpc) is 2.82. The zero-order chi connectivity index (χ0) is 11.7. The van der Waals surface area contributed by atoms with Crippen molar-refractivity contribution in [2.75, 3.05) is 6.54 Å². The molecule has 3 atom stereocenters. The molecule has 2 aliphatic heterocycles. The molecule has 2 rings (SSSR count). The Labute approximate surface area is 94.1 Å². The first-order valence-corrected chi connectivity index (χ1v) is 5.55. The first-order valence-electron chi connectivity index (χ1n) is 5.55. The molecule has 2 N–H and O–H groups in total. The smallest absolute Gasteiger partial charge is 0.318 e. The van der Waals surface area contributed by atoms with Gasteiger partial charge in [0.1, 0.15) is 0 Å². The van der Waals surface area contributed by atoms with Crippen LogP contribution in [0.1, 0.15) is 19.3 Å². The zero-order valence-electron chi connectivity index (χ0n) is 9.06. The lowest BCUT2D eigenvalue weighted by molar-refractivity contribution is -0.142. The Morgan fingerprint density at radius 2 is 2.25 bits per heavy atom. The van der Waals surface area contributed by atoms with Gasteiger partial charge in [-0.1, -0.05) is 6.08 Å². The third-order valence-corrected chi connectivity index (χ3v) is 3.49. The molecule has 2 amide bonds. The van der Waals surface area contributed by atoms with E-state index in [0.29, 0.717) is 13.0 Å². The van der Waals surface area contributed by atoms with Gasteiger partial charge in [0.15, 0.2) is 0 Å². The van der Waals surface area contributed by atoms with Crippen molar-refractivity contribution in [3.05, 3.63) is 12.7 Å². The first kappa shape index (κ1) is 11.0. The SMILES string of the molecule is C=CCNC(=O)N1C2CCC1C(C(=O)O)C2. The maximum atomic E-state index is 11.8. The third-order valence-electron chi connectivity index (χ3n) is 3.49. The first-order chi connectivity index (χ1) is 7.65. The average molecular weight is 224 g/mol. The fourth-order valence-electron chi connectivity index (χ4n) is 2.82. The van der Waals surface area contributed by atoms with Crippen LogP contribution in [0.5, 0.6) is 0 Å². The van der Waals surface area contributed by atoms with Crippen LogP contribution in [0.3, 0.4) is 0 Å². The van der Waals surface area contributed by atoms with E-state index >= 15 is 0 Å². The van der Waals surface area contributed by atoms with Crippen molar-refractivity contribution < 1.29 is 14.7 Å². The largest absolute Gasteiger partial charge is 0.481 e.